The van der Waals surface area contributed by atoms with E-state index in [9.17, 15) is 0 Å². The van der Waals surface area contributed by atoms with Gasteiger partial charge in [0.1, 0.15) is 0 Å². The first-order valence-electron chi connectivity index (χ1n) is 4.32. The number of hydrogen-bond acceptors (Lipinski definition) is 1. The Morgan fingerprint density at radius 2 is 2.15 bits per heavy atom. The van der Waals surface area contributed by atoms with Crippen LogP contribution in [0.25, 0.3) is 0 Å². The maximum Gasteiger partial charge on any atom is 0.0551 e. The molecule has 1 aromatic rings. The standard InChI is InChI=1S/C10H11BrClN/c1-13-3-2-7-5-10(12)9(11)4-8(7)6-13/h4-5H,2-3,6H2,1H3. The van der Waals surface area contributed by atoms with Gasteiger partial charge in [-0.15, -0.1) is 0 Å². The highest BCUT2D eigenvalue weighted by molar-refractivity contribution is 9.10. The molecular formula is C10H11BrClN. The summed E-state index contributed by atoms with van der Waals surface area (Å²) < 4.78 is 1.00. The summed E-state index contributed by atoms with van der Waals surface area (Å²) in [5.74, 6) is 0. The molecule has 13 heavy (non-hydrogen) atoms. The molecule has 0 atom stereocenters. The van der Waals surface area contributed by atoms with E-state index in [-0.39, 0.29) is 0 Å². The van der Waals surface area contributed by atoms with Crippen molar-refractivity contribution in [1.82, 2.24) is 4.90 Å². The van der Waals surface area contributed by atoms with Gasteiger partial charge < -0.3 is 4.90 Å². The number of benzene rings is 1. The summed E-state index contributed by atoms with van der Waals surface area (Å²) in [6, 6.07) is 4.21. The third-order valence-electron chi connectivity index (χ3n) is 2.45. The Morgan fingerprint density at radius 1 is 1.38 bits per heavy atom. The third kappa shape index (κ3) is 1.90. The zero-order valence-electron chi connectivity index (χ0n) is 7.48. The van der Waals surface area contributed by atoms with Crippen molar-refractivity contribution in [2.45, 2.75) is 13.0 Å². The molecule has 70 valence electrons. The number of nitrogens with zero attached hydrogens (tertiary/aromatic N) is 1. The van der Waals surface area contributed by atoms with Crippen LogP contribution in [0.1, 0.15) is 11.1 Å². The minimum atomic E-state index is 0.823. The highest BCUT2D eigenvalue weighted by atomic mass is 79.9. The predicted molar refractivity (Wildman–Crippen MR) is 59.2 cm³/mol. The van der Waals surface area contributed by atoms with E-state index in [1.807, 2.05) is 0 Å². The molecule has 0 bridgehead atoms. The van der Waals surface area contributed by atoms with Gasteiger partial charge in [0.15, 0.2) is 0 Å². The van der Waals surface area contributed by atoms with Gasteiger partial charge in [-0.1, -0.05) is 11.6 Å². The van der Waals surface area contributed by atoms with E-state index < -0.39 is 0 Å². The summed E-state index contributed by atoms with van der Waals surface area (Å²) in [6.45, 7) is 2.16. The Labute approximate surface area is 91.8 Å². The molecule has 0 unspecified atom stereocenters. The molecule has 0 fully saturated rings. The van der Waals surface area contributed by atoms with Crippen molar-refractivity contribution < 1.29 is 0 Å². The normalized spacial score (nSPS) is 17.2. The van der Waals surface area contributed by atoms with Crippen molar-refractivity contribution >= 4 is 27.5 Å². The summed E-state index contributed by atoms with van der Waals surface area (Å²) >= 11 is 9.47. The molecule has 1 aliphatic rings. The summed E-state index contributed by atoms with van der Waals surface area (Å²) in [4.78, 5) is 2.32. The SMILES string of the molecule is CN1CCc2cc(Cl)c(Br)cc2C1. The Kier molecular flexibility index (Phi) is 2.63. The molecule has 0 saturated carbocycles. The number of halogens is 2. The lowest BCUT2D eigenvalue weighted by atomic mass is 10.0. The lowest BCUT2D eigenvalue weighted by molar-refractivity contribution is 0.313. The fourth-order valence-electron chi connectivity index (χ4n) is 1.69. The smallest absolute Gasteiger partial charge is 0.0551 e. The van der Waals surface area contributed by atoms with Gasteiger partial charge in [-0.2, -0.15) is 0 Å². The number of fused-ring (bicyclic) bond motifs is 1. The molecule has 1 aliphatic heterocycles. The molecule has 0 radical (unpaired) electrons. The van der Waals surface area contributed by atoms with Crippen molar-refractivity contribution in [3.63, 3.8) is 0 Å². The summed E-state index contributed by atoms with van der Waals surface area (Å²) in [6.07, 6.45) is 1.11. The van der Waals surface area contributed by atoms with E-state index in [1.165, 1.54) is 11.1 Å². The minimum absolute atomic E-state index is 0.823. The molecule has 0 N–H and O–H groups in total. The van der Waals surface area contributed by atoms with E-state index >= 15 is 0 Å². The van der Waals surface area contributed by atoms with Crippen molar-refractivity contribution in [1.29, 1.82) is 0 Å². The van der Waals surface area contributed by atoms with Gasteiger partial charge in [0.2, 0.25) is 0 Å². The predicted octanol–water partition coefficient (Wildman–Crippen LogP) is 3.09. The highest BCUT2D eigenvalue weighted by Gasteiger charge is 2.14. The summed E-state index contributed by atoms with van der Waals surface area (Å²) in [7, 11) is 2.14. The zero-order valence-corrected chi connectivity index (χ0v) is 9.82. The molecule has 0 saturated heterocycles. The maximum atomic E-state index is 6.02. The zero-order chi connectivity index (χ0) is 9.42. The summed E-state index contributed by atoms with van der Waals surface area (Å²) in [5, 5.41) is 0.823. The highest BCUT2D eigenvalue weighted by Crippen LogP contribution is 2.29. The average Bonchev–Trinajstić information content (AvgIpc) is 2.08. The minimum Gasteiger partial charge on any atom is -0.302 e. The lowest BCUT2D eigenvalue weighted by Gasteiger charge is -2.25. The number of hydrogen-bond donors (Lipinski definition) is 0. The van der Waals surface area contributed by atoms with Crippen LogP contribution in [0.15, 0.2) is 16.6 Å². The largest absolute Gasteiger partial charge is 0.302 e. The topological polar surface area (TPSA) is 3.24 Å². The summed E-state index contributed by atoms with van der Waals surface area (Å²) in [5.41, 5.74) is 2.79. The molecule has 1 heterocycles. The Hall–Kier alpha value is -0.0500. The van der Waals surface area contributed by atoms with E-state index in [0.29, 0.717) is 0 Å². The van der Waals surface area contributed by atoms with Gasteiger partial charge in [0, 0.05) is 17.6 Å². The molecule has 3 heteroatoms. The van der Waals surface area contributed by atoms with Crippen molar-refractivity contribution in [3.8, 4) is 0 Å². The molecule has 0 aromatic heterocycles. The molecule has 1 aromatic carbocycles. The van der Waals surface area contributed by atoms with E-state index in [4.69, 9.17) is 11.6 Å². The Morgan fingerprint density at radius 3 is 2.92 bits per heavy atom. The second-order valence-corrected chi connectivity index (χ2v) is 4.78. The molecule has 0 amide bonds. The second-order valence-electron chi connectivity index (χ2n) is 3.52. The molecule has 0 spiro atoms. The van der Waals surface area contributed by atoms with Crippen molar-refractivity contribution in [2.75, 3.05) is 13.6 Å². The fourth-order valence-corrected chi connectivity index (χ4v) is 2.27. The van der Waals surface area contributed by atoms with Crippen LogP contribution in [0.4, 0.5) is 0 Å². The Balaban J connectivity index is 2.43. The molecule has 0 aliphatic carbocycles. The second kappa shape index (κ2) is 3.60. The van der Waals surface area contributed by atoms with Crippen LogP contribution in [0.2, 0.25) is 5.02 Å². The first-order valence-corrected chi connectivity index (χ1v) is 5.49. The van der Waals surface area contributed by atoms with E-state index in [1.54, 1.807) is 0 Å². The first kappa shape index (κ1) is 9.50. The molecule has 2 rings (SSSR count). The van der Waals surface area contributed by atoms with Gasteiger partial charge in [0.05, 0.1) is 5.02 Å². The van der Waals surface area contributed by atoms with Crippen LogP contribution in [0.5, 0.6) is 0 Å². The van der Waals surface area contributed by atoms with E-state index in [2.05, 4.69) is 40.0 Å². The first-order chi connectivity index (χ1) is 6.16. The van der Waals surface area contributed by atoms with Gasteiger partial charge >= 0.3 is 0 Å². The van der Waals surface area contributed by atoms with Crippen LogP contribution in [-0.4, -0.2) is 18.5 Å². The number of rotatable bonds is 0. The van der Waals surface area contributed by atoms with Crippen molar-refractivity contribution in [2.24, 2.45) is 0 Å². The van der Waals surface area contributed by atoms with Crippen LogP contribution >= 0.6 is 27.5 Å². The quantitative estimate of drug-likeness (QED) is 0.693. The van der Waals surface area contributed by atoms with Gasteiger partial charge in [-0.25, -0.2) is 0 Å². The Bertz CT molecular complexity index is 338. The van der Waals surface area contributed by atoms with Crippen LogP contribution < -0.4 is 0 Å². The maximum absolute atomic E-state index is 6.02. The van der Waals surface area contributed by atoms with Gasteiger partial charge in [-0.05, 0) is 52.7 Å². The fraction of sp³-hybridized carbons (Fsp3) is 0.400. The van der Waals surface area contributed by atoms with E-state index in [0.717, 1.165) is 29.0 Å². The monoisotopic (exact) mass is 259 g/mol. The molecule has 1 nitrogen and oxygen atoms in total. The van der Waals surface area contributed by atoms with Crippen LogP contribution in [0, 0.1) is 0 Å². The van der Waals surface area contributed by atoms with Gasteiger partial charge in [0.25, 0.3) is 0 Å². The third-order valence-corrected chi connectivity index (χ3v) is 3.64. The lowest BCUT2D eigenvalue weighted by Crippen LogP contribution is -2.26. The average molecular weight is 261 g/mol. The van der Waals surface area contributed by atoms with Crippen molar-refractivity contribution in [3.05, 3.63) is 32.8 Å². The number of likely N-dealkylation sites (N-methyl/N-ethyl adjacent to an activating group) is 1. The molecular weight excluding hydrogens is 249 g/mol. The van der Waals surface area contributed by atoms with Crippen LogP contribution in [-0.2, 0) is 13.0 Å². The van der Waals surface area contributed by atoms with Crippen LogP contribution in [0.3, 0.4) is 0 Å². The van der Waals surface area contributed by atoms with Gasteiger partial charge in [-0.3, -0.25) is 0 Å².